The van der Waals surface area contributed by atoms with Crippen molar-refractivity contribution in [3.05, 3.63) is 4.91 Å². The Morgan fingerprint density at radius 2 is 1.61 bits per heavy atom. The molecule has 5 N–H and O–H groups in total. The fourth-order valence-electron chi connectivity index (χ4n) is 5.13. The van der Waals surface area contributed by atoms with Crippen LogP contribution in [0.25, 0.3) is 0 Å². The fourth-order valence-corrected chi connectivity index (χ4v) is 5.13. The summed E-state index contributed by atoms with van der Waals surface area (Å²) in [5.74, 6) is -2.43. The van der Waals surface area contributed by atoms with Crippen molar-refractivity contribution < 1.29 is 24.4 Å². The first-order chi connectivity index (χ1) is 14.8. The van der Waals surface area contributed by atoms with Gasteiger partial charge in [0.25, 0.3) is 5.91 Å². The van der Waals surface area contributed by atoms with Gasteiger partial charge in [0, 0.05) is 13.1 Å². The number of nitrogens with one attached hydrogen (secondary N) is 1. The van der Waals surface area contributed by atoms with E-state index in [9.17, 15) is 29.3 Å². The van der Waals surface area contributed by atoms with E-state index in [2.05, 4.69) is 10.5 Å². The van der Waals surface area contributed by atoms with Gasteiger partial charge in [0.05, 0.1) is 5.94 Å². The van der Waals surface area contributed by atoms with Gasteiger partial charge in [-0.05, 0) is 44.4 Å². The highest BCUT2D eigenvalue weighted by Crippen LogP contribution is 2.28. The summed E-state index contributed by atoms with van der Waals surface area (Å²) < 4.78 is 0. The van der Waals surface area contributed by atoms with Crippen molar-refractivity contribution in [2.45, 2.75) is 82.0 Å². The minimum Gasteiger partial charge on any atom is -0.426 e. The number of carbonyl (C=O) groups is 3. The van der Waals surface area contributed by atoms with E-state index in [1.165, 1.54) is 9.80 Å². The lowest BCUT2D eigenvalue weighted by atomic mass is 9.77. The second-order valence-corrected chi connectivity index (χ2v) is 8.78. The number of likely N-dealkylation sites (tertiary alicyclic amines) is 2. The van der Waals surface area contributed by atoms with Crippen LogP contribution in [0.4, 0.5) is 0 Å². The number of nitrogens with zero attached hydrogens (tertiary/aromatic N) is 3. The van der Waals surface area contributed by atoms with E-state index in [0.29, 0.717) is 38.8 Å². The van der Waals surface area contributed by atoms with Gasteiger partial charge < -0.3 is 30.9 Å². The van der Waals surface area contributed by atoms with Gasteiger partial charge in [0.1, 0.15) is 6.04 Å². The van der Waals surface area contributed by atoms with Crippen LogP contribution in [0.2, 0.25) is 0 Å². The zero-order valence-electron chi connectivity index (χ0n) is 17.7. The van der Waals surface area contributed by atoms with Gasteiger partial charge in [-0.3, -0.25) is 14.4 Å². The van der Waals surface area contributed by atoms with Gasteiger partial charge in [0.2, 0.25) is 11.8 Å². The topological polar surface area (TPSA) is 166 Å². The van der Waals surface area contributed by atoms with Crippen LogP contribution in [0, 0.1) is 10.8 Å². The Hall–Kier alpha value is -2.05. The molecule has 0 radical (unpaired) electrons. The van der Waals surface area contributed by atoms with Crippen molar-refractivity contribution in [3.8, 4) is 0 Å². The predicted octanol–water partition coefficient (Wildman–Crippen LogP) is -0.903. The van der Waals surface area contributed by atoms with Crippen LogP contribution in [0.5, 0.6) is 0 Å². The first-order valence-corrected chi connectivity index (χ1v) is 11.2. The first-order valence-electron chi connectivity index (χ1n) is 11.2. The SMILES string of the molecule is NC(NC(=O)[C@@H](N=O)C1CCCCC1)C(=O)N1CCC[C@@H]1C(=O)N1CCC[C@H]1B(O)O. The maximum atomic E-state index is 13.0. The number of amides is 3. The molecule has 3 fully saturated rings. The lowest BCUT2D eigenvalue weighted by Gasteiger charge is -2.32. The maximum absolute atomic E-state index is 13.0. The van der Waals surface area contributed by atoms with Crippen molar-refractivity contribution in [2.24, 2.45) is 16.8 Å². The Morgan fingerprint density at radius 1 is 0.968 bits per heavy atom. The molecule has 0 aromatic heterocycles. The summed E-state index contributed by atoms with van der Waals surface area (Å²) in [6, 6.07) is -1.83. The molecule has 3 amide bonds. The van der Waals surface area contributed by atoms with Crippen LogP contribution in [-0.2, 0) is 14.4 Å². The molecule has 1 saturated carbocycles. The fraction of sp³-hybridized carbons (Fsp3) is 0.842. The number of nitrogens with two attached hydrogens (primary N) is 1. The van der Waals surface area contributed by atoms with Crippen LogP contribution >= 0.6 is 0 Å². The Kier molecular flexibility index (Phi) is 8.01. The molecule has 0 aromatic carbocycles. The van der Waals surface area contributed by atoms with Gasteiger partial charge in [-0.25, -0.2) is 0 Å². The molecule has 1 aliphatic carbocycles. The van der Waals surface area contributed by atoms with Crippen LogP contribution < -0.4 is 11.1 Å². The summed E-state index contributed by atoms with van der Waals surface area (Å²) in [5.41, 5.74) is 5.94. The number of carbonyl (C=O) groups excluding carboxylic acids is 3. The van der Waals surface area contributed by atoms with Crippen molar-refractivity contribution in [1.82, 2.24) is 15.1 Å². The molecule has 0 aromatic rings. The largest absolute Gasteiger partial charge is 0.475 e. The van der Waals surface area contributed by atoms with Crippen molar-refractivity contribution in [3.63, 3.8) is 0 Å². The quantitative estimate of drug-likeness (QED) is 0.227. The Bertz CT molecular complexity index is 689. The maximum Gasteiger partial charge on any atom is 0.475 e. The molecule has 0 spiro atoms. The van der Waals surface area contributed by atoms with Gasteiger partial charge in [-0.2, -0.15) is 0 Å². The highest BCUT2D eigenvalue weighted by atomic mass is 16.4. The van der Waals surface area contributed by atoms with Crippen molar-refractivity contribution >= 4 is 24.8 Å². The van der Waals surface area contributed by atoms with E-state index in [4.69, 9.17) is 5.73 Å². The predicted molar refractivity (Wildman–Crippen MR) is 112 cm³/mol. The molecular formula is C19H32BN5O6. The zero-order valence-corrected chi connectivity index (χ0v) is 17.7. The van der Waals surface area contributed by atoms with E-state index in [0.717, 1.165) is 32.1 Å². The van der Waals surface area contributed by atoms with Gasteiger partial charge >= 0.3 is 7.12 Å². The smallest absolute Gasteiger partial charge is 0.426 e. The average Bonchev–Trinajstić information content (AvgIpc) is 3.44. The highest BCUT2D eigenvalue weighted by molar-refractivity contribution is 6.43. The monoisotopic (exact) mass is 437 g/mol. The minimum absolute atomic E-state index is 0.147. The Labute approximate surface area is 181 Å². The number of rotatable bonds is 7. The molecule has 2 aliphatic heterocycles. The van der Waals surface area contributed by atoms with Gasteiger partial charge in [0.15, 0.2) is 12.2 Å². The lowest BCUT2D eigenvalue weighted by Crippen LogP contribution is -2.59. The third-order valence-corrected chi connectivity index (χ3v) is 6.79. The lowest BCUT2D eigenvalue weighted by molar-refractivity contribution is -0.145. The standard InChI is InChI=1S/C19H32BN5O6/c21-16(22-17(26)15(23-31)12-6-2-1-3-7-12)19(28)24-10-4-8-13(24)18(27)25-11-5-9-14(25)20(29)30/h12-16,29-30H,1-11,21H2,(H,22,26)/t13-,14+,15+,16?/m1/s1. The summed E-state index contributed by atoms with van der Waals surface area (Å²) >= 11 is 0. The van der Waals surface area contributed by atoms with E-state index in [1.54, 1.807) is 0 Å². The average molecular weight is 437 g/mol. The number of hydrogen-bond donors (Lipinski definition) is 4. The van der Waals surface area contributed by atoms with Gasteiger partial charge in [-0.15, -0.1) is 4.91 Å². The molecule has 4 atom stereocenters. The molecular weight excluding hydrogens is 405 g/mol. The molecule has 3 rings (SSSR count). The van der Waals surface area contributed by atoms with Crippen molar-refractivity contribution in [1.29, 1.82) is 0 Å². The molecule has 1 unspecified atom stereocenters. The van der Waals surface area contributed by atoms with E-state index < -0.39 is 43.1 Å². The molecule has 0 bridgehead atoms. The van der Waals surface area contributed by atoms with Crippen molar-refractivity contribution in [2.75, 3.05) is 13.1 Å². The van der Waals surface area contributed by atoms with Crippen LogP contribution in [0.15, 0.2) is 5.18 Å². The Morgan fingerprint density at radius 3 is 2.26 bits per heavy atom. The second kappa shape index (κ2) is 10.5. The minimum atomic E-state index is -1.63. The van der Waals surface area contributed by atoms with Gasteiger partial charge in [-0.1, -0.05) is 24.4 Å². The molecule has 31 heavy (non-hydrogen) atoms. The first kappa shape index (κ1) is 23.6. The molecule has 172 valence electrons. The van der Waals surface area contributed by atoms with E-state index in [1.807, 2.05) is 0 Å². The van der Waals surface area contributed by atoms with E-state index in [-0.39, 0.29) is 11.8 Å². The number of hydrogen-bond acceptors (Lipinski definition) is 8. The normalized spacial score (nSPS) is 26.4. The molecule has 2 saturated heterocycles. The Balaban J connectivity index is 1.61. The summed E-state index contributed by atoms with van der Waals surface area (Å²) in [6.07, 6.45) is 5.22. The van der Waals surface area contributed by atoms with Crippen LogP contribution in [-0.4, -0.2) is 82.0 Å². The summed E-state index contributed by atoms with van der Waals surface area (Å²) in [5, 5.41) is 24.5. The third kappa shape index (κ3) is 5.24. The molecule has 3 aliphatic rings. The second-order valence-electron chi connectivity index (χ2n) is 8.78. The molecule has 2 heterocycles. The zero-order chi connectivity index (χ0) is 22.5. The van der Waals surface area contributed by atoms with Crippen LogP contribution in [0.3, 0.4) is 0 Å². The third-order valence-electron chi connectivity index (χ3n) is 6.79. The molecule has 11 nitrogen and oxygen atoms in total. The summed E-state index contributed by atoms with van der Waals surface area (Å²) in [7, 11) is -1.63. The summed E-state index contributed by atoms with van der Waals surface area (Å²) in [6.45, 7) is 0.716. The molecule has 12 heteroatoms. The highest BCUT2D eigenvalue weighted by Gasteiger charge is 2.44. The van der Waals surface area contributed by atoms with Crippen LogP contribution in [0.1, 0.15) is 57.8 Å². The van der Waals surface area contributed by atoms with E-state index >= 15 is 0 Å². The summed E-state index contributed by atoms with van der Waals surface area (Å²) in [4.78, 5) is 52.5. The number of nitroso groups, excluding NO2 is 1.